The summed E-state index contributed by atoms with van der Waals surface area (Å²) in [7, 11) is 1.49. The maximum Gasteiger partial charge on any atom is 0.297 e. The first-order valence-corrected chi connectivity index (χ1v) is 4.00. The van der Waals surface area contributed by atoms with Crippen molar-refractivity contribution in [3.05, 3.63) is 10.6 Å². The van der Waals surface area contributed by atoms with E-state index in [0.29, 0.717) is 6.61 Å². The molecule has 13 heavy (non-hydrogen) atoms. The molecule has 0 fully saturated rings. The molecule has 1 N–H and O–H groups in total. The van der Waals surface area contributed by atoms with E-state index in [9.17, 15) is 8.78 Å². The molecule has 0 aliphatic carbocycles. The normalized spacial score (nSPS) is 11.1. The van der Waals surface area contributed by atoms with Gasteiger partial charge in [0.25, 0.3) is 6.43 Å². The SMILES string of the molecule is COCCn1c(C(F)F)n[nH]c1=S. The van der Waals surface area contributed by atoms with Gasteiger partial charge in [0.2, 0.25) is 0 Å². The van der Waals surface area contributed by atoms with Crippen LogP contribution in [0, 0.1) is 4.77 Å². The van der Waals surface area contributed by atoms with Crippen molar-refractivity contribution in [1.82, 2.24) is 14.8 Å². The van der Waals surface area contributed by atoms with Gasteiger partial charge in [0.1, 0.15) is 0 Å². The molecule has 1 rings (SSSR count). The summed E-state index contributed by atoms with van der Waals surface area (Å²) >= 11 is 4.76. The van der Waals surface area contributed by atoms with E-state index in [1.54, 1.807) is 0 Å². The second kappa shape index (κ2) is 4.43. The predicted octanol–water partition coefficient (Wildman–Crippen LogP) is 1.52. The van der Waals surface area contributed by atoms with E-state index in [0.717, 1.165) is 0 Å². The zero-order chi connectivity index (χ0) is 9.84. The van der Waals surface area contributed by atoms with Crippen LogP contribution in [-0.4, -0.2) is 28.5 Å². The number of hydrogen-bond acceptors (Lipinski definition) is 3. The highest BCUT2D eigenvalue weighted by Gasteiger charge is 2.15. The molecule has 7 heteroatoms. The largest absolute Gasteiger partial charge is 0.383 e. The van der Waals surface area contributed by atoms with Crippen LogP contribution in [0.3, 0.4) is 0 Å². The minimum Gasteiger partial charge on any atom is -0.383 e. The third-order valence-electron chi connectivity index (χ3n) is 1.50. The molecule has 0 aromatic carbocycles. The molecule has 1 aromatic heterocycles. The lowest BCUT2D eigenvalue weighted by Gasteiger charge is -2.04. The van der Waals surface area contributed by atoms with Crippen LogP contribution >= 0.6 is 12.2 Å². The van der Waals surface area contributed by atoms with Crippen molar-refractivity contribution in [2.75, 3.05) is 13.7 Å². The van der Waals surface area contributed by atoms with Crippen LogP contribution < -0.4 is 0 Å². The highest BCUT2D eigenvalue weighted by molar-refractivity contribution is 7.71. The van der Waals surface area contributed by atoms with E-state index in [2.05, 4.69) is 10.2 Å². The zero-order valence-electron chi connectivity index (χ0n) is 6.96. The van der Waals surface area contributed by atoms with E-state index in [4.69, 9.17) is 17.0 Å². The second-order valence-corrected chi connectivity index (χ2v) is 2.72. The van der Waals surface area contributed by atoms with Gasteiger partial charge in [0, 0.05) is 7.11 Å². The zero-order valence-corrected chi connectivity index (χ0v) is 7.77. The molecule has 74 valence electrons. The number of alkyl halides is 2. The molecule has 0 unspecified atom stereocenters. The van der Waals surface area contributed by atoms with Crippen LogP contribution in [0.2, 0.25) is 0 Å². The number of nitrogens with one attached hydrogen (secondary N) is 1. The number of nitrogens with zero attached hydrogens (tertiary/aromatic N) is 2. The molecule has 0 bridgehead atoms. The molecule has 0 amide bonds. The second-order valence-electron chi connectivity index (χ2n) is 2.33. The minimum atomic E-state index is -2.62. The van der Waals surface area contributed by atoms with Crippen molar-refractivity contribution < 1.29 is 13.5 Å². The number of aromatic amines is 1. The van der Waals surface area contributed by atoms with E-state index < -0.39 is 6.43 Å². The monoisotopic (exact) mass is 209 g/mol. The molecule has 0 saturated heterocycles. The van der Waals surface area contributed by atoms with Crippen LogP contribution in [0.5, 0.6) is 0 Å². The molecule has 0 aliphatic heterocycles. The van der Waals surface area contributed by atoms with Gasteiger partial charge in [-0.2, -0.15) is 5.10 Å². The van der Waals surface area contributed by atoms with Crippen LogP contribution in [0.4, 0.5) is 8.78 Å². The summed E-state index contributed by atoms with van der Waals surface area (Å²) in [5, 5.41) is 5.72. The van der Waals surface area contributed by atoms with Crippen LogP contribution in [0.25, 0.3) is 0 Å². The molecule has 0 radical (unpaired) electrons. The number of methoxy groups -OCH3 is 1. The molecule has 1 heterocycles. The smallest absolute Gasteiger partial charge is 0.297 e. The van der Waals surface area contributed by atoms with Gasteiger partial charge in [-0.1, -0.05) is 0 Å². The van der Waals surface area contributed by atoms with Crippen LogP contribution in [0.1, 0.15) is 12.2 Å². The van der Waals surface area contributed by atoms with Gasteiger partial charge in [-0.3, -0.25) is 9.67 Å². The van der Waals surface area contributed by atoms with Crippen molar-refractivity contribution in [2.24, 2.45) is 0 Å². The third kappa shape index (κ3) is 2.31. The molecule has 4 nitrogen and oxygen atoms in total. The van der Waals surface area contributed by atoms with Gasteiger partial charge in [0.15, 0.2) is 10.6 Å². The maximum atomic E-state index is 12.3. The Kier molecular flexibility index (Phi) is 3.49. The summed E-state index contributed by atoms with van der Waals surface area (Å²) in [6, 6.07) is 0. The van der Waals surface area contributed by atoms with Crippen molar-refractivity contribution in [1.29, 1.82) is 0 Å². The summed E-state index contributed by atoms with van der Waals surface area (Å²) < 4.78 is 30.7. The highest BCUT2D eigenvalue weighted by Crippen LogP contribution is 2.15. The molecule has 0 spiro atoms. The van der Waals surface area contributed by atoms with Crippen molar-refractivity contribution >= 4 is 12.2 Å². The van der Waals surface area contributed by atoms with Gasteiger partial charge in [-0.15, -0.1) is 0 Å². The number of H-pyrrole nitrogens is 1. The third-order valence-corrected chi connectivity index (χ3v) is 1.81. The van der Waals surface area contributed by atoms with Gasteiger partial charge in [0.05, 0.1) is 13.2 Å². The fourth-order valence-electron chi connectivity index (χ4n) is 0.895. The minimum absolute atomic E-state index is 0.187. The molecular weight excluding hydrogens is 200 g/mol. The Morgan fingerprint density at radius 1 is 1.69 bits per heavy atom. The van der Waals surface area contributed by atoms with Crippen molar-refractivity contribution in [3.8, 4) is 0 Å². The Morgan fingerprint density at radius 2 is 2.38 bits per heavy atom. The maximum absolute atomic E-state index is 12.3. The molecular formula is C6H9F2N3OS. The number of hydrogen-bond donors (Lipinski definition) is 1. The first kappa shape index (κ1) is 10.3. The summed E-state index contributed by atoms with van der Waals surface area (Å²) in [6.45, 7) is 0.610. The van der Waals surface area contributed by atoms with E-state index in [1.807, 2.05) is 0 Å². The standard InChI is InChI=1S/C6H9F2N3OS/c1-12-3-2-11-5(4(7)8)9-10-6(11)13/h4H,2-3H2,1H3,(H,10,13). The van der Waals surface area contributed by atoms with Gasteiger partial charge in [-0.05, 0) is 12.2 Å². The number of ether oxygens (including phenoxy) is 1. The highest BCUT2D eigenvalue weighted by atomic mass is 32.1. The van der Waals surface area contributed by atoms with Crippen molar-refractivity contribution in [3.63, 3.8) is 0 Å². The van der Waals surface area contributed by atoms with Crippen molar-refractivity contribution in [2.45, 2.75) is 13.0 Å². The summed E-state index contributed by atoms with van der Waals surface area (Å²) in [5.41, 5.74) is 0. The Labute approximate surface area is 78.5 Å². The van der Waals surface area contributed by atoms with Gasteiger partial charge < -0.3 is 4.74 Å². The lowest BCUT2D eigenvalue weighted by molar-refractivity contribution is 0.128. The Morgan fingerprint density at radius 3 is 2.92 bits per heavy atom. The summed E-state index contributed by atoms with van der Waals surface area (Å²) in [6.07, 6.45) is -2.62. The predicted molar refractivity (Wildman–Crippen MR) is 44.2 cm³/mol. The topological polar surface area (TPSA) is 42.8 Å². The fraction of sp³-hybridized carbons (Fsp3) is 0.667. The van der Waals surface area contributed by atoms with E-state index >= 15 is 0 Å². The van der Waals surface area contributed by atoms with Gasteiger partial charge in [-0.25, -0.2) is 8.78 Å². The number of halogens is 2. The van der Waals surface area contributed by atoms with Gasteiger partial charge >= 0.3 is 0 Å². The Bertz CT molecular complexity index is 322. The first-order valence-electron chi connectivity index (χ1n) is 3.59. The average Bonchev–Trinajstić information content (AvgIpc) is 2.43. The Hall–Kier alpha value is -0.820. The molecule has 0 aliphatic rings. The van der Waals surface area contributed by atoms with E-state index in [1.165, 1.54) is 11.7 Å². The average molecular weight is 209 g/mol. The lowest BCUT2D eigenvalue weighted by Crippen LogP contribution is -2.08. The molecule has 1 aromatic rings. The first-order chi connectivity index (χ1) is 6.16. The van der Waals surface area contributed by atoms with E-state index in [-0.39, 0.29) is 17.1 Å². The summed E-state index contributed by atoms with van der Waals surface area (Å²) in [5.74, 6) is -0.345. The molecule has 0 saturated carbocycles. The summed E-state index contributed by atoms with van der Waals surface area (Å²) in [4.78, 5) is 0. The number of rotatable bonds is 4. The quantitative estimate of drug-likeness (QED) is 0.764. The molecule has 0 atom stereocenters. The lowest BCUT2D eigenvalue weighted by atomic mass is 10.6. The van der Waals surface area contributed by atoms with Crippen LogP contribution in [0.15, 0.2) is 0 Å². The Balaban J connectivity index is 2.88. The fourth-order valence-corrected chi connectivity index (χ4v) is 1.13. The van der Waals surface area contributed by atoms with Crippen LogP contribution in [-0.2, 0) is 11.3 Å². The number of aromatic nitrogens is 3.